The number of aromatic amines is 1. The van der Waals surface area contributed by atoms with Gasteiger partial charge in [-0.25, -0.2) is 4.98 Å². The number of aromatic nitrogens is 4. The highest BCUT2D eigenvalue weighted by Crippen LogP contribution is 2.40. The summed E-state index contributed by atoms with van der Waals surface area (Å²) in [4.78, 5) is 7.74. The van der Waals surface area contributed by atoms with Gasteiger partial charge in [0.05, 0.1) is 11.0 Å². The van der Waals surface area contributed by atoms with Crippen LogP contribution < -0.4 is 4.74 Å². The Morgan fingerprint density at radius 2 is 1.82 bits per heavy atom. The summed E-state index contributed by atoms with van der Waals surface area (Å²) < 4.78 is 35.5. The van der Waals surface area contributed by atoms with Gasteiger partial charge >= 0.3 is 5.57 Å². The van der Waals surface area contributed by atoms with Crippen molar-refractivity contribution in [2.45, 2.75) is 24.3 Å². The lowest BCUT2D eigenvalue weighted by Crippen LogP contribution is -2.15. The monoisotopic (exact) mass is 402 g/mol. The standard InChI is InChI=1S/C19H13ClF2N4O2/c20-19(21,22)28-13-6-3-10(4-7-13)16-23-14-8-5-12(9-15(14)24-16)18-26-25-17(27-18)11-1-2-11/h3-9,11H,1-2H2,(H,23,24). The highest BCUT2D eigenvalue weighted by atomic mass is 35.5. The highest BCUT2D eigenvalue weighted by Gasteiger charge is 2.29. The lowest BCUT2D eigenvalue weighted by Gasteiger charge is -2.10. The molecule has 0 spiro atoms. The van der Waals surface area contributed by atoms with Crippen LogP contribution in [0.2, 0.25) is 0 Å². The first kappa shape index (κ1) is 17.1. The smallest absolute Gasteiger partial charge is 0.420 e. The molecule has 142 valence electrons. The van der Waals surface area contributed by atoms with Gasteiger partial charge in [0.15, 0.2) is 0 Å². The Hall–Kier alpha value is -3.00. The molecule has 2 aromatic carbocycles. The van der Waals surface area contributed by atoms with E-state index in [1.165, 1.54) is 12.1 Å². The lowest BCUT2D eigenvalue weighted by molar-refractivity contribution is -0.0964. The molecule has 1 saturated carbocycles. The maximum atomic E-state index is 12.7. The van der Waals surface area contributed by atoms with E-state index >= 15 is 0 Å². The van der Waals surface area contributed by atoms with Crippen molar-refractivity contribution < 1.29 is 17.9 Å². The molecule has 9 heteroatoms. The van der Waals surface area contributed by atoms with Crippen molar-refractivity contribution in [1.29, 1.82) is 0 Å². The van der Waals surface area contributed by atoms with Crippen molar-refractivity contribution in [3.8, 4) is 28.6 Å². The molecule has 0 amide bonds. The van der Waals surface area contributed by atoms with E-state index in [1.807, 2.05) is 18.2 Å². The summed E-state index contributed by atoms with van der Waals surface area (Å²) in [6, 6.07) is 11.7. The Balaban J connectivity index is 1.43. The van der Waals surface area contributed by atoms with Gasteiger partial charge in [-0.2, -0.15) is 0 Å². The molecule has 0 bridgehead atoms. The number of alkyl halides is 3. The van der Waals surface area contributed by atoms with Gasteiger partial charge in [0.1, 0.15) is 11.6 Å². The van der Waals surface area contributed by atoms with Gasteiger partial charge in [0.2, 0.25) is 11.8 Å². The third-order valence-electron chi connectivity index (χ3n) is 4.46. The van der Waals surface area contributed by atoms with Crippen molar-refractivity contribution >= 4 is 22.6 Å². The number of hydrogen-bond donors (Lipinski definition) is 1. The lowest BCUT2D eigenvalue weighted by atomic mass is 10.2. The van der Waals surface area contributed by atoms with Crippen LogP contribution in [0.4, 0.5) is 8.78 Å². The third-order valence-corrected chi connectivity index (χ3v) is 4.53. The highest BCUT2D eigenvalue weighted by molar-refractivity contribution is 6.20. The number of fused-ring (bicyclic) bond motifs is 1. The second-order valence-corrected chi connectivity index (χ2v) is 7.05. The fourth-order valence-corrected chi connectivity index (χ4v) is 3.03. The molecule has 0 radical (unpaired) electrons. The second-order valence-electron chi connectivity index (χ2n) is 6.61. The Bertz CT molecular complexity index is 1150. The Labute approximate surface area is 162 Å². The van der Waals surface area contributed by atoms with Gasteiger partial charge in [-0.3, -0.25) is 0 Å². The predicted molar refractivity (Wildman–Crippen MR) is 98.2 cm³/mol. The maximum absolute atomic E-state index is 12.7. The van der Waals surface area contributed by atoms with Crippen LogP contribution in [0.1, 0.15) is 24.7 Å². The van der Waals surface area contributed by atoms with Gasteiger partial charge in [0, 0.05) is 28.6 Å². The fourth-order valence-electron chi connectivity index (χ4n) is 2.94. The van der Waals surface area contributed by atoms with Crippen LogP contribution in [-0.2, 0) is 0 Å². The van der Waals surface area contributed by atoms with E-state index < -0.39 is 5.57 Å². The zero-order chi connectivity index (χ0) is 19.3. The van der Waals surface area contributed by atoms with Crippen LogP contribution in [0.15, 0.2) is 46.9 Å². The number of H-pyrrole nitrogens is 1. The summed E-state index contributed by atoms with van der Waals surface area (Å²) in [5, 5.41) is 8.23. The predicted octanol–water partition coefficient (Wildman–Crippen LogP) is 5.33. The molecule has 5 rings (SSSR count). The molecule has 28 heavy (non-hydrogen) atoms. The normalized spacial score (nSPS) is 14.5. The maximum Gasteiger partial charge on any atom is 0.487 e. The van der Waals surface area contributed by atoms with Crippen molar-refractivity contribution in [2.24, 2.45) is 0 Å². The van der Waals surface area contributed by atoms with Crippen LogP contribution in [0.3, 0.4) is 0 Å². The van der Waals surface area contributed by atoms with Crippen LogP contribution >= 0.6 is 11.6 Å². The number of benzene rings is 2. The van der Waals surface area contributed by atoms with Gasteiger partial charge < -0.3 is 14.1 Å². The summed E-state index contributed by atoms with van der Waals surface area (Å²) in [7, 11) is 0. The topological polar surface area (TPSA) is 76.8 Å². The molecule has 0 aliphatic heterocycles. The van der Waals surface area contributed by atoms with Crippen molar-refractivity contribution in [3.63, 3.8) is 0 Å². The Kier molecular flexibility index (Phi) is 3.83. The van der Waals surface area contributed by atoms with Crippen LogP contribution in [0.5, 0.6) is 5.75 Å². The SMILES string of the molecule is FC(F)(Cl)Oc1ccc(-c2nc3ccc(-c4nnc(C5CC5)o4)cc3[nH]2)cc1. The largest absolute Gasteiger partial charge is 0.487 e. The molecule has 1 aliphatic carbocycles. The Morgan fingerprint density at radius 3 is 2.54 bits per heavy atom. The Morgan fingerprint density at radius 1 is 1.07 bits per heavy atom. The number of hydrogen-bond acceptors (Lipinski definition) is 5. The van der Waals surface area contributed by atoms with E-state index in [1.54, 1.807) is 12.1 Å². The first-order chi connectivity index (χ1) is 13.4. The number of nitrogens with zero attached hydrogens (tertiary/aromatic N) is 3. The first-order valence-corrected chi connectivity index (χ1v) is 9.02. The quantitative estimate of drug-likeness (QED) is 0.457. The van der Waals surface area contributed by atoms with E-state index in [0.29, 0.717) is 23.5 Å². The summed E-state index contributed by atoms with van der Waals surface area (Å²) in [5.74, 6) is 2.12. The molecule has 1 fully saturated rings. The summed E-state index contributed by atoms with van der Waals surface area (Å²) in [6.45, 7) is 0. The van der Waals surface area contributed by atoms with Gasteiger partial charge in [-0.1, -0.05) is 0 Å². The van der Waals surface area contributed by atoms with E-state index in [9.17, 15) is 8.78 Å². The number of imidazole rings is 1. The zero-order valence-corrected chi connectivity index (χ0v) is 15.1. The van der Waals surface area contributed by atoms with Gasteiger partial charge in [-0.15, -0.1) is 19.0 Å². The fraction of sp³-hybridized carbons (Fsp3) is 0.211. The number of ether oxygens (including phenoxy) is 1. The van der Waals surface area contributed by atoms with Crippen molar-refractivity contribution in [2.75, 3.05) is 0 Å². The summed E-state index contributed by atoms with van der Waals surface area (Å²) in [6.07, 6.45) is 2.19. The van der Waals surface area contributed by atoms with E-state index in [4.69, 9.17) is 16.0 Å². The van der Waals surface area contributed by atoms with Gasteiger partial charge in [-0.05, 0) is 55.3 Å². The summed E-state index contributed by atoms with van der Waals surface area (Å²) >= 11 is 4.77. The number of nitrogens with one attached hydrogen (secondary N) is 1. The summed E-state index contributed by atoms with van der Waals surface area (Å²) in [5.41, 5.74) is -0.669. The molecule has 2 heterocycles. The zero-order valence-electron chi connectivity index (χ0n) is 14.3. The molecule has 1 N–H and O–H groups in total. The van der Waals surface area contributed by atoms with Crippen LogP contribution in [0, 0.1) is 0 Å². The molecule has 4 aromatic rings. The molecule has 2 aromatic heterocycles. The second kappa shape index (κ2) is 6.27. The van der Waals surface area contributed by atoms with E-state index in [2.05, 4.69) is 24.9 Å². The minimum atomic E-state index is -3.74. The third kappa shape index (κ3) is 3.43. The molecular formula is C19H13ClF2N4O2. The molecule has 0 unspecified atom stereocenters. The molecule has 6 nitrogen and oxygen atoms in total. The molecule has 0 saturated heterocycles. The molecule has 1 aliphatic rings. The average molecular weight is 403 g/mol. The van der Waals surface area contributed by atoms with Gasteiger partial charge in [0.25, 0.3) is 0 Å². The minimum Gasteiger partial charge on any atom is -0.420 e. The van der Waals surface area contributed by atoms with Crippen LogP contribution in [-0.4, -0.2) is 25.7 Å². The minimum absolute atomic E-state index is 0.0370. The molecular weight excluding hydrogens is 390 g/mol. The van der Waals surface area contributed by atoms with Crippen molar-refractivity contribution in [1.82, 2.24) is 20.2 Å². The first-order valence-electron chi connectivity index (χ1n) is 8.64. The van der Waals surface area contributed by atoms with Crippen molar-refractivity contribution in [3.05, 3.63) is 48.4 Å². The van der Waals surface area contributed by atoms with Crippen LogP contribution in [0.25, 0.3) is 33.9 Å². The number of halogens is 3. The van der Waals surface area contributed by atoms with E-state index in [0.717, 1.165) is 35.0 Å². The van der Waals surface area contributed by atoms with E-state index in [-0.39, 0.29) is 5.75 Å². The average Bonchev–Trinajstić information content (AvgIpc) is 3.23. The number of rotatable bonds is 5. The molecule has 0 atom stereocenters.